The number of amides is 1. The number of thiazole rings is 1. The second kappa shape index (κ2) is 8.73. The molecule has 1 fully saturated rings. The van der Waals surface area contributed by atoms with E-state index in [1.54, 1.807) is 11.3 Å². The van der Waals surface area contributed by atoms with Crippen molar-refractivity contribution in [1.82, 2.24) is 20.9 Å². The Kier molecular flexibility index (Phi) is 6.64. The molecule has 0 aromatic carbocycles. The van der Waals surface area contributed by atoms with Crippen LogP contribution in [0.4, 0.5) is 0 Å². The second-order valence-electron chi connectivity index (χ2n) is 5.43. The summed E-state index contributed by atoms with van der Waals surface area (Å²) in [5.74, 6) is 0.933. The van der Waals surface area contributed by atoms with E-state index in [0.717, 1.165) is 43.3 Å². The van der Waals surface area contributed by atoms with Crippen molar-refractivity contribution in [3.05, 3.63) is 16.1 Å². The van der Waals surface area contributed by atoms with E-state index in [0.29, 0.717) is 19.0 Å². The molecule has 1 aromatic rings. The third kappa shape index (κ3) is 6.43. The quantitative estimate of drug-likeness (QED) is 0.385. The van der Waals surface area contributed by atoms with Gasteiger partial charge in [0.25, 0.3) is 0 Å². The van der Waals surface area contributed by atoms with Crippen LogP contribution < -0.4 is 16.0 Å². The Morgan fingerprint density at radius 1 is 1.45 bits per heavy atom. The van der Waals surface area contributed by atoms with E-state index in [2.05, 4.69) is 25.9 Å². The number of nitrogens with one attached hydrogen (secondary N) is 3. The molecule has 1 aliphatic rings. The third-order valence-electron chi connectivity index (χ3n) is 3.20. The van der Waals surface area contributed by atoms with Crippen LogP contribution in [-0.2, 0) is 11.3 Å². The first-order chi connectivity index (χ1) is 10.7. The van der Waals surface area contributed by atoms with Crippen molar-refractivity contribution >= 4 is 23.2 Å². The molecule has 1 aliphatic carbocycles. The van der Waals surface area contributed by atoms with Crippen molar-refractivity contribution in [2.75, 3.05) is 13.1 Å². The Labute approximate surface area is 135 Å². The lowest BCUT2D eigenvalue weighted by Crippen LogP contribution is -2.38. The molecule has 7 heteroatoms. The van der Waals surface area contributed by atoms with Gasteiger partial charge in [-0.1, -0.05) is 0 Å². The van der Waals surface area contributed by atoms with Gasteiger partial charge in [0, 0.05) is 36.6 Å². The Hall–Kier alpha value is -1.63. The molecule has 6 nitrogen and oxygen atoms in total. The molecular formula is C15H25N5OS. The molecule has 3 N–H and O–H groups in total. The molecule has 1 amide bonds. The maximum absolute atomic E-state index is 11.6. The highest BCUT2D eigenvalue weighted by molar-refractivity contribution is 7.11. The fourth-order valence-electron chi connectivity index (χ4n) is 1.95. The molecule has 22 heavy (non-hydrogen) atoms. The average Bonchev–Trinajstić information content (AvgIpc) is 3.20. The van der Waals surface area contributed by atoms with Crippen molar-refractivity contribution in [1.29, 1.82) is 0 Å². The summed E-state index contributed by atoms with van der Waals surface area (Å²) in [6, 6.07) is 0.445. The van der Waals surface area contributed by atoms with E-state index in [1.807, 2.05) is 20.0 Å². The number of aryl methyl sites for hydroxylation is 1. The molecule has 0 spiro atoms. The van der Waals surface area contributed by atoms with Crippen LogP contribution >= 0.6 is 11.3 Å². The number of aromatic nitrogens is 1. The van der Waals surface area contributed by atoms with Gasteiger partial charge < -0.3 is 16.0 Å². The van der Waals surface area contributed by atoms with E-state index >= 15 is 0 Å². The van der Waals surface area contributed by atoms with Crippen LogP contribution in [0, 0.1) is 6.92 Å². The number of rotatable bonds is 8. The van der Waals surface area contributed by atoms with E-state index in [-0.39, 0.29) is 5.91 Å². The Balaban J connectivity index is 1.67. The maximum Gasteiger partial charge on any atom is 0.220 e. The minimum absolute atomic E-state index is 0.157. The smallest absolute Gasteiger partial charge is 0.220 e. The number of guanidine groups is 1. The number of carbonyl (C=O) groups is 1. The molecule has 1 heterocycles. The number of carbonyl (C=O) groups excluding carboxylic acids is 1. The number of hydrogen-bond donors (Lipinski definition) is 3. The standard InChI is InChI=1S/C15H25N5OS/c1-3-16-15(19-10-14-18-9-11(2)22-14)17-8-4-5-13(21)20-12-6-7-12/h9,12H,3-8,10H2,1-2H3,(H,20,21)(H2,16,17,19). The van der Waals surface area contributed by atoms with Crippen molar-refractivity contribution in [2.24, 2.45) is 4.99 Å². The minimum atomic E-state index is 0.157. The van der Waals surface area contributed by atoms with Gasteiger partial charge in [0.2, 0.25) is 5.91 Å². The second-order valence-corrected chi connectivity index (χ2v) is 6.75. The van der Waals surface area contributed by atoms with Crippen molar-refractivity contribution in [3.8, 4) is 0 Å². The van der Waals surface area contributed by atoms with Gasteiger partial charge in [-0.05, 0) is 33.1 Å². The number of aliphatic imine (C=N–C) groups is 1. The largest absolute Gasteiger partial charge is 0.357 e. The maximum atomic E-state index is 11.6. The van der Waals surface area contributed by atoms with Crippen LogP contribution in [-0.4, -0.2) is 36.0 Å². The average molecular weight is 323 g/mol. The zero-order chi connectivity index (χ0) is 15.8. The lowest BCUT2D eigenvalue weighted by molar-refractivity contribution is -0.121. The van der Waals surface area contributed by atoms with Crippen LogP contribution in [0.2, 0.25) is 0 Å². The predicted octanol–water partition coefficient (Wildman–Crippen LogP) is 1.57. The van der Waals surface area contributed by atoms with Gasteiger partial charge in [0.05, 0.1) is 6.54 Å². The van der Waals surface area contributed by atoms with Crippen LogP contribution in [0.25, 0.3) is 0 Å². The lowest BCUT2D eigenvalue weighted by atomic mass is 10.3. The zero-order valence-electron chi connectivity index (χ0n) is 13.3. The molecule has 1 aromatic heterocycles. The van der Waals surface area contributed by atoms with Gasteiger partial charge in [-0.3, -0.25) is 4.79 Å². The molecule has 0 radical (unpaired) electrons. The third-order valence-corrected chi connectivity index (χ3v) is 4.10. The van der Waals surface area contributed by atoms with Crippen LogP contribution in [0.15, 0.2) is 11.2 Å². The molecule has 0 atom stereocenters. The van der Waals surface area contributed by atoms with Gasteiger partial charge in [0.1, 0.15) is 5.01 Å². The number of nitrogens with zero attached hydrogens (tertiary/aromatic N) is 2. The Morgan fingerprint density at radius 2 is 2.27 bits per heavy atom. The summed E-state index contributed by atoms with van der Waals surface area (Å²) in [5, 5.41) is 10.5. The van der Waals surface area contributed by atoms with Gasteiger partial charge in [-0.2, -0.15) is 0 Å². The molecular weight excluding hydrogens is 298 g/mol. The topological polar surface area (TPSA) is 78.4 Å². The first-order valence-corrected chi connectivity index (χ1v) is 8.72. The zero-order valence-corrected chi connectivity index (χ0v) is 14.1. The van der Waals surface area contributed by atoms with Crippen LogP contribution in [0.5, 0.6) is 0 Å². The van der Waals surface area contributed by atoms with E-state index in [1.165, 1.54) is 4.88 Å². The first kappa shape index (κ1) is 16.7. The Bertz CT molecular complexity index is 510. The monoisotopic (exact) mass is 323 g/mol. The van der Waals surface area contributed by atoms with Gasteiger partial charge in [0.15, 0.2) is 5.96 Å². The van der Waals surface area contributed by atoms with E-state index in [9.17, 15) is 4.79 Å². The fourth-order valence-corrected chi connectivity index (χ4v) is 2.66. The fraction of sp³-hybridized carbons (Fsp3) is 0.667. The molecule has 1 saturated carbocycles. The van der Waals surface area contributed by atoms with Crippen molar-refractivity contribution in [2.45, 2.75) is 52.1 Å². The highest BCUT2D eigenvalue weighted by atomic mass is 32.1. The minimum Gasteiger partial charge on any atom is -0.357 e. The molecule has 0 bridgehead atoms. The SMILES string of the molecule is CCNC(=NCc1ncc(C)s1)NCCCC(=O)NC1CC1. The van der Waals surface area contributed by atoms with Crippen molar-refractivity contribution in [3.63, 3.8) is 0 Å². The highest BCUT2D eigenvalue weighted by Gasteiger charge is 2.22. The molecule has 2 rings (SSSR count). The summed E-state index contributed by atoms with van der Waals surface area (Å²) in [4.78, 5) is 21.6. The molecule has 0 unspecified atom stereocenters. The summed E-state index contributed by atoms with van der Waals surface area (Å²) in [7, 11) is 0. The van der Waals surface area contributed by atoms with Crippen molar-refractivity contribution < 1.29 is 4.79 Å². The summed E-state index contributed by atoms with van der Waals surface area (Å²) in [5.41, 5.74) is 0. The normalized spacial score (nSPS) is 14.7. The molecule has 0 aliphatic heterocycles. The lowest BCUT2D eigenvalue weighted by Gasteiger charge is -2.10. The van der Waals surface area contributed by atoms with Crippen LogP contribution in [0.3, 0.4) is 0 Å². The molecule has 122 valence electrons. The van der Waals surface area contributed by atoms with E-state index in [4.69, 9.17) is 0 Å². The highest BCUT2D eigenvalue weighted by Crippen LogP contribution is 2.18. The summed E-state index contributed by atoms with van der Waals surface area (Å²) in [6.07, 6.45) is 5.51. The summed E-state index contributed by atoms with van der Waals surface area (Å²) in [6.45, 7) is 6.20. The van der Waals surface area contributed by atoms with Gasteiger partial charge in [-0.25, -0.2) is 9.98 Å². The number of hydrogen-bond acceptors (Lipinski definition) is 4. The summed E-state index contributed by atoms with van der Waals surface area (Å²) >= 11 is 1.66. The first-order valence-electron chi connectivity index (χ1n) is 7.90. The predicted molar refractivity (Wildman–Crippen MR) is 90.1 cm³/mol. The Morgan fingerprint density at radius 3 is 2.91 bits per heavy atom. The van der Waals surface area contributed by atoms with Gasteiger partial charge >= 0.3 is 0 Å². The molecule has 0 saturated heterocycles. The van der Waals surface area contributed by atoms with E-state index < -0.39 is 0 Å². The van der Waals surface area contributed by atoms with Gasteiger partial charge in [-0.15, -0.1) is 11.3 Å². The summed E-state index contributed by atoms with van der Waals surface area (Å²) < 4.78 is 0. The van der Waals surface area contributed by atoms with Crippen LogP contribution in [0.1, 0.15) is 42.5 Å².